The molecule has 17 aromatic carbocycles. The standard InChI is InChI=1S/C57H35N5O.C51H31N5O/c1-4-16-36(17-5-1)55-58-56(37-18-6-2-7-19-37)60-57(59-55)40-22-14-20-38(34-40)39-21-15-25-42(35-39)61-47-28-12-10-27-45(47)51-48(61)33-31-46-52-49(62(53(46)51)41-23-8-3-9-24-41)32-30-44-43-26-11-13-29-50(43)63-54(44)52;1-4-14-32(15-5-1)49-52-50(33-16-6-2-7-17-33)54-51(53-49)34-24-26-36(27-25-34)55-41-22-12-10-21-39(41)45-42(55)31-29-40-46-43(56(47(40)45)35-18-8-3-9-19-35)30-28-38-37-20-11-13-23-44(37)57-48(38)46/h1-35H;1-31H. The number of furan rings is 2. The lowest BCUT2D eigenvalue weighted by Crippen LogP contribution is -2.00. The van der Waals surface area contributed by atoms with Crippen LogP contribution < -0.4 is 0 Å². The summed E-state index contributed by atoms with van der Waals surface area (Å²) in [7, 11) is 0. The van der Waals surface area contributed by atoms with E-state index in [-0.39, 0.29) is 0 Å². The molecule has 25 aromatic rings. The summed E-state index contributed by atoms with van der Waals surface area (Å²) in [6, 6.07) is 140. The van der Waals surface area contributed by atoms with E-state index in [9.17, 15) is 0 Å². The first-order valence-electron chi connectivity index (χ1n) is 40.3. The van der Waals surface area contributed by atoms with Crippen LogP contribution in [0.4, 0.5) is 0 Å². The monoisotopic (exact) mass is 1530 g/mol. The molecule has 12 nitrogen and oxygen atoms in total. The third-order valence-corrected chi connectivity index (χ3v) is 23.5. The molecule has 0 bridgehead atoms. The number of benzene rings is 17. The highest BCUT2D eigenvalue weighted by molar-refractivity contribution is 6.33. The summed E-state index contributed by atoms with van der Waals surface area (Å²) < 4.78 is 23.0. The maximum atomic E-state index is 6.71. The fraction of sp³-hybridized carbons (Fsp3) is 0. The minimum atomic E-state index is 0.626. The summed E-state index contributed by atoms with van der Waals surface area (Å²) in [5.74, 6) is 3.82. The maximum Gasteiger partial charge on any atom is 0.164 e. The van der Waals surface area contributed by atoms with Crippen molar-refractivity contribution in [2.24, 2.45) is 0 Å². The Morgan fingerprint density at radius 2 is 0.458 bits per heavy atom. The van der Waals surface area contributed by atoms with Gasteiger partial charge in [-0.2, -0.15) is 0 Å². The molecule has 12 heteroatoms. The second kappa shape index (κ2) is 27.7. The van der Waals surface area contributed by atoms with Gasteiger partial charge in [-0.1, -0.05) is 261 Å². The zero-order chi connectivity index (χ0) is 78.9. The molecule has 0 fully saturated rings. The van der Waals surface area contributed by atoms with E-state index in [2.05, 4.69) is 285 Å². The van der Waals surface area contributed by atoms with Gasteiger partial charge in [0.05, 0.1) is 54.9 Å². The molecule has 8 heterocycles. The van der Waals surface area contributed by atoms with Crippen molar-refractivity contribution in [2.75, 3.05) is 0 Å². The quantitative estimate of drug-likeness (QED) is 0.125. The van der Waals surface area contributed by atoms with Crippen molar-refractivity contribution in [3.8, 4) is 102 Å². The molecule has 0 aliphatic carbocycles. The average molecular weight is 1540 g/mol. The Balaban J connectivity index is 0.000000137. The number of hydrogen-bond acceptors (Lipinski definition) is 8. The zero-order valence-electron chi connectivity index (χ0n) is 64.4. The first-order chi connectivity index (χ1) is 59.5. The third kappa shape index (κ3) is 11.0. The Hall–Kier alpha value is -16.4. The van der Waals surface area contributed by atoms with Gasteiger partial charge >= 0.3 is 0 Å². The lowest BCUT2D eigenvalue weighted by atomic mass is 10.0. The molecule has 0 amide bonds. The number of fused-ring (bicyclic) bond motifs is 22. The Bertz CT molecular complexity index is 8270. The molecule has 0 aliphatic rings. The van der Waals surface area contributed by atoms with Crippen molar-refractivity contribution in [3.05, 3.63) is 400 Å². The minimum Gasteiger partial charge on any atom is -0.455 e. The molecule has 0 unspecified atom stereocenters. The van der Waals surface area contributed by atoms with Crippen LogP contribution >= 0.6 is 0 Å². The average Bonchev–Trinajstić information content (AvgIpc) is 1.54. The molecule has 8 aromatic heterocycles. The van der Waals surface area contributed by atoms with Crippen LogP contribution in [0.1, 0.15) is 0 Å². The molecule has 0 aliphatic heterocycles. The van der Waals surface area contributed by atoms with Gasteiger partial charge in [0.2, 0.25) is 0 Å². The number of rotatable bonds is 11. The summed E-state index contributed by atoms with van der Waals surface area (Å²) in [5.41, 5.74) is 24.7. The number of hydrogen-bond donors (Lipinski definition) is 0. The van der Waals surface area contributed by atoms with Crippen LogP contribution in [0.5, 0.6) is 0 Å². The zero-order valence-corrected chi connectivity index (χ0v) is 64.4. The molecule has 0 N–H and O–H groups in total. The molecule has 120 heavy (non-hydrogen) atoms. The van der Waals surface area contributed by atoms with E-state index < -0.39 is 0 Å². The normalized spacial score (nSPS) is 11.8. The third-order valence-electron chi connectivity index (χ3n) is 23.5. The van der Waals surface area contributed by atoms with Crippen molar-refractivity contribution >= 4 is 131 Å². The first kappa shape index (κ1) is 68.0. The van der Waals surface area contributed by atoms with Crippen LogP contribution in [0, 0.1) is 0 Å². The van der Waals surface area contributed by atoms with Crippen molar-refractivity contribution < 1.29 is 8.83 Å². The molecule has 0 spiro atoms. The SMILES string of the molecule is c1ccc(-c2nc(-c3ccccc3)nc(-c3ccc(-n4c5ccccc5c5c4ccc4c6c7oc8ccccc8c7ccc6n(-c6ccccc6)c45)cc3)n2)cc1.c1ccc(-c2nc(-c3ccccc3)nc(-c3cccc(-c4cccc(-n5c6ccccc6c6c5ccc5c7c8oc9ccccc9c8ccc7n(-c7ccccc7)c56)c4)c3)n2)cc1. The van der Waals surface area contributed by atoms with Crippen LogP contribution in [0.25, 0.3) is 233 Å². The van der Waals surface area contributed by atoms with Crippen molar-refractivity contribution in [2.45, 2.75) is 0 Å². The van der Waals surface area contributed by atoms with Gasteiger partial charge in [-0.3, -0.25) is 0 Å². The van der Waals surface area contributed by atoms with Crippen LogP contribution in [0.3, 0.4) is 0 Å². The van der Waals surface area contributed by atoms with E-state index in [0.717, 1.165) is 177 Å². The summed E-state index contributed by atoms with van der Waals surface area (Å²) in [6.45, 7) is 0. The van der Waals surface area contributed by atoms with Crippen LogP contribution in [0.15, 0.2) is 409 Å². The highest BCUT2D eigenvalue weighted by Crippen LogP contribution is 2.49. The highest BCUT2D eigenvalue weighted by Gasteiger charge is 2.28. The topological polar surface area (TPSA) is 123 Å². The van der Waals surface area contributed by atoms with E-state index in [1.165, 1.54) is 21.5 Å². The molecule has 0 atom stereocenters. The van der Waals surface area contributed by atoms with Gasteiger partial charge in [0, 0.05) is 110 Å². The largest absolute Gasteiger partial charge is 0.455 e. The van der Waals surface area contributed by atoms with Crippen LogP contribution in [0.2, 0.25) is 0 Å². The number of para-hydroxylation sites is 6. The Kier molecular flexibility index (Phi) is 15.7. The second-order valence-corrected chi connectivity index (χ2v) is 30.4. The number of aromatic nitrogens is 10. The van der Waals surface area contributed by atoms with Crippen LogP contribution in [-0.2, 0) is 0 Å². The maximum absolute atomic E-state index is 6.71. The molecular weight excluding hydrogens is 1470 g/mol. The van der Waals surface area contributed by atoms with Crippen molar-refractivity contribution in [1.29, 1.82) is 0 Å². The summed E-state index contributed by atoms with van der Waals surface area (Å²) in [5, 5.41) is 13.8. The van der Waals surface area contributed by atoms with Gasteiger partial charge in [0.15, 0.2) is 34.9 Å². The van der Waals surface area contributed by atoms with E-state index >= 15 is 0 Å². The number of nitrogens with zero attached hydrogens (tertiary/aromatic N) is 10. The van der Waals surface area contributed by atoms with Crippen molar-refractivity contribution in [3.63, 3.8) is 0 Å². The summed E-state index contributed by atoms with van der Waals surface area (Å²) >= 11 is 0. The van der Waals surface area contributed by atoms with E-state index in [4.69, 9.17) is 38.7 Å². The molecule has 0 saturated carbocycles. The van der Waals surface area contributed by atoms with E-state index in [1.807, 2.05) is 133 Å². The molecule has 25 rings (SSSR count). The summed E-state index contributed by atoms with van der Waals surface area (Å²) in [4.78, 5) is 29.8. The Morgan fingerprint density at radius 3 is 0.883 bits per heavy atom. The smallest absolute Gasteiger partial charge is 0.164 e. The van der Waals surface area contributed by atoms with Gasteiger partial charge in [0.25, 0.3) is 0 Å². The lowest BCUT2D eigenvalue weighted by molar-refractivity contribution is 0.672. The van der Waals surface area contributed by atoms with Gasteiger partial charge in [-0.15, -0.1) is 0 Å². The first-order valence-corrected chi connectivity index (χ1v) is 40.3. The molecule has 0 radical (unpaired) electrons. The fourth-order valence-corrected chi connectivity index (χ4v) is 18.2. The van der Waals surface area contributed by atoms with Gasteiger partial charge in [-0.05, 0) is 151 Å². The lowest BCUT2D eigenvalue weighted by Gasteiger charge is -2.12. The Labute approximate surface area is 686 Å². The molecular formula is C108H66N10O2. The van der Waals surface area contributed by atoms with Crippen molar-refractivity contribution in [1.82, 2.24) is 48.2 Å². The molecule has 560 valence electrons. The summed E-state index contributed by atoms with van der Waals surface area (Å²) in [6.07, 6.45) is 0. The van der Waals surface area contributed by atoms with Gasteiger partial charge in [0.1, 0.15) is 22.3 Å². The predicted molar refractivity (Wildman–Crippen MR) is 490 cm³/mol. The Morgan fingerprint density at radius 1 is 0.167 bits per heavy atom. The van der Waals surface area contributed by atoms with E-state index in [0.29, 0.717) is 34.9 Å². The minimum absolute atomic E-state index is 0.626. The van der Waals surface area contributed by atoms with Gasteiger partial charge < -0.3 is 27.1 Å². The second-order valence-electron chi connectivity index (χ2n) is 30.4. The van der Waals surface area contributed by atoms with E-state index in [1.54, 1.807) is 0 Å². The highest BCUT2D eigenvalue weighted by atomic mass is 16.3. The molecule has 0 saturated heterocycles. The van der Waals surface area contributed by atoms with Gasteiger partial charge in [-0.25, -0.2) is 29.9 Å². The fourth-order valence-electron chi connectivity index (χ4n) is 18.2. The van der Waals surface area contributed by atoms with Crippen LogP contribution in [-0.4, -0.2) is 48.2 Å². The predicted octanol–water partition coefficient (Wildman–Crippen LogP) is 27.6.